The van der Waals surface area contributed by atoms with Crippen molar-refractivity contribution < 1.29 is 9.53 Å². The number of aromatic amines is 1. The smallest absolute Gasteiger partial charge is 0.268 e. The highest BCUT2D eigenvalue weighted by atomic mass is 16.5. The van der Waals surface area contributed by atoms with Gasteiger partial charge in [0.15, 0.2) is 11.9 Å². The molecule has 0 radical (unpaired) electrons. The number of nitrogens with zero attached hydrogens (tertiary/aromatic N) is 1. The van der Waals surface area contributed by atoms with E-state index in [9.17, 15) is 4.79 Å². The predicted octanol–water partition coefficient (Wildman–Crippen LogP) is 2.17. The molecule has 1 atom stereocenters. The highest BCUT2D eigenvalue weighted by molar-refractivity contribution is 5.94. The number of nitrogens with one attached hydrogen (secondary N) is 3. The number of anilines is 2. The first-order valence-electron chi connectivity index (χ1n) is 7.11. The lowest BCUT2D eigenvalue weighted by atomic mass is 10.2. The van der Waals surface area contributed by atoms with Crippen molar-refractivity contribution in [2.45, 2.75) is 25.9 Å². The quantitative estimate of drug-likeness (QED) is 0.805. The van der Waals surface area contributed by atoms with Crippen LogP contribution in [-0.2, 0) is 11.2 Å². The van der Waals surface area contributed by atoms with Crippen molar-refractivity contribution >= 4 is 17.4 Å². The van der Waals surface area contributed by atoms with Gasteiger partial charge >= 0.3 is 0 Å². The third kappa shape index (κ3) is 2.99. The number of fused-ring (bicyclic) bond motifs is 1. The molecule has 1 aromatic heterocycles. The van der Waals surface area contributed by atoms with Gasteiger partial charge in [-0.2, -0.15) is 5.10 Å². The van der Waals surface area contributed by atoms with E-state index < -0.39 is 6.10 Å². The van der Waals surface area contributed by atoms with Crippen molar-refractivity contribution in [1.29, 1.82) is 0 Å². The van der Waals surface area contributed by atoms with E-state index in [4.69, 9.17) is 4.74 Å². The zero-order chi connectivity index (χ0) is 14.7. The minimum Gasteiger partial charge on any atom is -0.477 e. The molecule has 0 fully saturated rings. The van der Waals surface area contributed by atoms with E-state index in [1.165, 1.54) is 0 Å². The number of amides is 1. The van der Waals surface area contributed by atoms with Gasteiger partial charge in [0.25, 0.3) is 5.91 Å². The Morgan fingerprint density at radius 2 is 2.33 bits per heavy atom. The maximum atomic E-state index is 12.2. The summed E-state index contributed by atoms with van der Waals surface area (Å²) in [7, 11) is 0. The fraction of sp³-hybridized carbons (Fsp3) is 0.333. The van der Waals surface area contributed by atoms with Gasteiger partial charge in [-0.25, -0.2) is 0 Å². The summed E-state index contributed by atoms with van der Waals surface area (Å²) in [6, 6.07) is 9.43. The van der Waals surface area contributed by atoms with E-state index in [0.717, 1.165) is 24.2 Å². The number of aromatic nitrogens is 2. The summed E-state index contributed by atoms with van der Waals surface area (Å²) in [5.74, 6) is 1.02. The molecule has 1 aliphatic heterocycles. The molecule has 0 aliphatic carbocycles. The van der Waals surface area contributed by atoms with Crippen molar-refractivity contribution in [2.75, 3.05) is 17.2 Å². The zero-order valence-electron chi connectivity index (χ0n) is 11.8. The highest BCUT2D eigenvalue weighted by Crippen LogP contribution is 2.28. The van der Waals surface area contributed by atoms with Gasteiger partial charge < -0.3 is 15.4 Å². The Bertz CT molecular complexity index is 638. The summed E-state index contributed by atoms with van der Waals surface area (Å²) in [5, 5.41) is 13.0. The molecule has 2 aromatic rings. The number of H-pyrrole nitrogens is 1. The molecule has 1 unspecified atom stereocenters. The highest BCUT2D eigenvalue weighted by Gasteiger charge is 2.26. The molecule has 0 saturated heterocycles. The molecular formula is C15H18N4O2. The normalized spacial score (nSPS) is 16.5. The number of carbonyl (C=O) groups excluding carboxylic acids is 1. The van der Waals surface area contributed by atoms with Crippen LogP contribution < -0.4 is 15.4 Å². The summed E-state index contributed by atoms with van der Waals surface area (Å²) in [6.07, 6.45) is 1.38. The first-order chi connectivity index (χ1) is 10.3. The van der Waals surface area contributed by atoms with Crippen molar-refractivity contribution in [2.24, 2.45) is 0 Å². The van der Waals surface area contributed by atoms with E-state index in [1.54, 1.807) is 0 Å². The first-order valence-corrected chi connectivity index (χ1v) is 7.11. The van der Waals surface area contributed by atoms with Crippen molar-refractivity contribution in [3.8, 4) is 5.75 Å². The van der Waals surface area contributed by atoms with Gasteiger partial charge in [-0.15, -0.1) is 0 Å². The third-order valence-electron chi connectivity index (χ3n) is 3.33. The average Bonchev–Trinajstić information content (AvgIpc) is 2.94. The molecule has 2 heterocycles. The second kappa shape index (κ2) is 5.87. The standard InChI is InChI=1S/C15H18N4O2/c1-2-5-10-8-14(19-18-10)17-15(20)13-9-16-11-6-3-4-7-12(11)21-13/h3-4,6-8,13,16H,2,5,9H2,1H3,(H2,17,18,19,20). The van der Waals surface area contributed by atoms with E-state index in [-0.39, 0.29) is 5.91 Å². The van der Waals surface area contributed by atoms with Crippen molar-refractivity contribution in [3.05, 3.63) is 36.0 Å². The molecule has 6 nitrogen and oxygen atoms in total. The average molecular weight is 286 g/mol. The van der Waals surface area contributed by atoms with Crippen LogP contribution in [0.15, 0.2) is 30.3 Å². The van der Waals surface area contributed by atoms with Crippen LogP contribution in [0.5, 0.6) is 5.75 Å². The maximum absolute atomic E-state index is 12.2. The summed E-state index contributed by atoms with van der Waals surface area (Å²) >= 11 is 0. The fourth-order valence-electron chi connectivity index (χ4n) is 2.29. The zero-order valence-corrected chi connectivity index (χ0v) is 11.8. The van der Waals surface area contributed by atoms with E-state index in [0.29, 0.717) is 18.1 Å². The molecule has 21 heavy (non-hydrogen) atoms. The Balaban J connectivity index is 1.63. The second-order valence-corrected chi connectivity index (χ2v) is 5.00. The van der Waals surface area contributed by atoms with Gasteiger partial charge in [0, 0.05) is 11.8 Å². The van der Waals surface area contributed by atoms with Crippen LogP contribution in [-0.4, -0.2) is 28.8 Å². The topological polar surface area (TPSA) is 79.0 Å². The summed E-state index contributed by atoms with van der Waals surface area (Å²) in [6.45, 7) is 2.53. The number of carbonyl (C=O) groups is 1. The largest absolute Gasteiger partial charge is 0.477 e. The molecule has 0 bridgehead atoms. The summed E-state index contributed by atoms with van der Waals surface area (Å²) in [4.78, 5) is 12.2. The molecule has 0 spiro atoms. The van der Waals surface area contributed by atoms with E-state index >= 15 is 0 Å². The molecule has 1 aromatic carbocycles. The number of hydrogen-bond acceptors (Lipinski definition) is 4. The van der Waals surface area contributed by atoms with Gasteiger partial charge in [-0.05, 0) is 18.6 Å². The van der Waals surface area contributed by atoms with Gasteiger partial charge in [-0.1, -0.05) is 25.5 Å². The van der Waals surface area contributed by atoms with Crippen LogP contribution in [0.2, 0.25) is 0 Å². The Labute approximate surface area is 122 Å². The van der Waals surface area contributed by atoms with Gasteiger partial charge in [-0.3, -0.25) is 9.89 Å². The van der Waals surface area contributed by atoms with E-state index in [2.05, 4.69) is 27.8 Å². The molecule has 0 saturated carbocycles. The number of aryl methyl sites for hydroxylation is 1. The van der Waals surface area contributed by atoms with Crippen molar-refractivity contribution in [1.82, 2.24) is 10.2 Å². The number of hydrogen-bond donors (Lipinski definition) is 3. The Morgan fingerprint density at radius 1 is 1.48 bits per heavy atom. The van der Waals surface area contributed by atoms with E-state index in [1.807, 2.05) is 30.3 Å². The van der Waals surface area contributed by atoms with Gasteiger partial charge in [0.05, 0.1) is 12.2 Å². The molecule has 1 aliphatic rings. The molecule has 6 heteroatoms. The molecule has 110 valence electrons. The van der Waals surface area contributed by atoms with Gasteiger partial charge in [0.2, 0.25) is 0 Å². The number of benzene rings is 1. The predicted molar refractivity (Wildman–Crippen MR) is 80.6 cm³/mol. The molecule has 1 amide bonds. The Kier molecular flexibility index (Phi) is 3.77. The number of para-hydroxylation sites is 2. The van der Waals surface area contributed by atoms with Crippen molar-refractivity contribution in [3.63, 3.8) is 0 Å². The van der Waals surface area contributed by atoms with Crippen LogP contribution in [0.3, 0.4) is 0 Å². The Morgan fingerprint density at radius 3 is 3.19 bits per heavy atom. The SMILES string of the molecule is CCCc1cc(NC(=O)C2CNc3ccccc3O2)n[nH]1. The lowest BCUT2D eigenvalue weighted by Crippen LogP contribution is -2.41. The third-order valence-corrected chi connectivity index (χ3v) is 3.33. The number of ether oxygens (including phenoxy) is 1. The van der Waals surface area contributed by atoms with Crippen LogP contribution >= 0.6 is 0 Å². The monoisotopic (exact) mass is 286 g/mol. The lowest BCUT2D eigenvalue weighted by molar-refractivity contribution is -0.122. The fourth-order valence-corrected chi connectivity index (χ4v) is 2.29. The number of rotatable bonds is 4. The van der Waals surface area contributed by atoms with Crippen LogP contribution in [0, 0.1) is 0 Å². The lowest BCUT2D eigenvalue weighted by Gasteiger charge is -2.26. The summed E-state index contributed by atoms with van der Waals surface area (Å²) < 4.78 is 5.71. The van der Waals surface area contributed by atoms with Gasteiger partial charge in [0.1, 0.15) is 5.75 Å². The molecular weight excluding hydrogens is 268 g/mol. The molecule has 3 N–H and O–H groups in total. The minimum absolute atomic E-state index is 0.202. The second-order valence-electron chi connectivity index (χ2n) is 5.00. The summed E-state index contributed by atoms with van der Waals surface area (Å²) in [5.41, 5.74) is 1.92. The molecule has 3 rings (SSSR count). The van der Waals surface area contributed by atoms with Crippen LogP contribution in [0.25, 0.3) is 0 Å². The van der Waals surface area contributed by atoms with Crippen LogP contribution in [0.1, 0.15) is 19.0 Å². The van der Waals surface area contributed by atoms with Crippen LogP contribution in [0.4, 0.5) is 11.5 Å². The minimum atomic E-state index is -0.564. The Hall–Kier alpha value is -2.50. The first kappa shape index (κ1) is 13.5. The maximum Gasteiger partial charge on any atom is 0.268 e.